The molecule has 1 aliphatic heterocycles. The third kappa shape index (κ3) is 3.48. The minimum atomic E-state index is -4.61. The average molecular weight is 465 g/mol. The molecule has 1 aliphatic carbocycles. The molecule has 5 rings (SSSR count). The van der Waals surface area contributed by atoms with Crippen LogP contribution < -0.4 is 5.73 Å². The number of rotatable bonds is 4. The van der Waals surface area contributed by atoms with Crippen molar-refractivity contribution in [3.05, 3.63) is 65.0 Å². The zero-order valence-electron chi connectivity index (χ0n) is 16.4. The molecule has 1 aromatic carbocycles. The van der Waals surface area contributed by atoms with Crippen molar-refractivity contribution in [1.29, 1.82) is 0 Å². The SMILES string of the molecule is NC1=N[C@](CF)(c2cc(Cc3nccc4nc(C(F)(F)F)cnc34)ccc2F)[C@H]2C[C@@H]2S1. The number of nitrogens with two attached hydrogens (primary N) is 1. The predicted molar refractivity (Wildman–Crippen MR) is 110 cm³/mol. The minimum Gasteiger partial charge on any atom is -0.379 e. The monoisotopic (exact) mass is 465 g/mol. The number of benzene rings is 1. The van der Waals surface area contributed by atoms with Crippen molar-refractivity contribution >= 4 is 28.0 Å². The molecule has 0 bridgehead atoms. The second-order valence-corrected chi connectivity index (χ2v) is 9.14. The van der Waals surface area contributed by atoms with Gasteiger partial charge in [0.1, 0.15) is 23.5 Å². The molecular formula is C21H16F5N5S. The van der Waals surface area contributed by atoms with E-state index in [0.717, 1.165) is 0 Å². The lowest BCUT2D eigenvalue weighted by molar-refractivity contribution is -0.141. The fourth-order valence-electron chi connectivity index (χ4n) is 4.20. The molecule has 2 aliphatic rings. The summed E-state index contributed by atoms with van der Waals surface area (Å²) in [5, 5.41) is 0.349. The Morgan fingerprint density at radius 2 is 2.00 bits per heavy atom. The van der Waals surface area contributed by atoms with Gasteiger partial charge in [-0.1, -0.05) is 17.8 Å². The molecule has 0 radical (unpaired) electrons. The number of alkyl halides is 4. The quantitative estimate of drug-likeness (QED) is 0.579. The lowest BCUT2D eigenvalue weighted by atomic mass is 9.85. The van der Waals surface area contributed by atoms with E-state index in [2.05, 4.69) is 19.9 Å². The zero-order valence-corrected chi connectivity index (χ0v) is 17.2. The second-order valence-electron chi connectivity index (χ2n) is 7.88. The van der Waals surface area contributed by atoms with E-state index in [-0.39, 0.29) is 39.4 Å². The molecule has 11 heteroatoms. The average Bonchev–Trinajstić information content (AvgIpc) is 3.53. The molecule has 166 valence electrons. The van der Waals surface area contributed by atoms with Gasteiger partial charge in [-0.15, -0.1) is 0 Å². The van der Waals surface area contributed by atoms with Gasteiger partial charge in [-0.2, -0.15) is 13.2 Å². The number of halogens is 5. The first-order chi connectivity index (χ1) is 15.2. The van der Waals surface area contributed by atoms with Crippen LogP contribution >= 0.6 is 11.8 Å². The number of fused-ring (bicyclic) bond motifs is 2. The summed E-state index contributed by atoms with van der Waals surface area (Å²) < 4.78 is 68.0. The Hall–Kier alpha value is -2.82. The number of hydrogen-bond donors (Lipinski definition) is 1. The van der Waals surface area contributed by atoms with Crippen LogP contribution in [-0.2, 0) is 18.1 Å². The van der Waals surface area contributed by atoms with Crippen molar-refractivity contribution < 1.29 is 22.0 Å². The van der Waals surface area contributed by atoms with E-state index in [1.807, 2.05) is 0 Å². The third-order valence-corrected chi connectivity index (χ3v) is 6.98. The van der Waals surface area contributed by atoms with E-state index in [9.17, 15) is 22.0 Å². The van der Waals surface area contributed by atoms with Crippen molar-refractivity contribution in [1.82, 2.24) is 15.0 Å². The smallest absolute Gasteiger partial charge is 0.379 e. The van der Waals surface area contributed by atoms with E-state index in [1.54, 1.807) is 0 Å². The van der Waals surface area contributed by atoms with Crippen molar-refractivity contribution in [3.8, 4) is 0 Å². The normalized spacial score (nSPS) is 24.8. The molecule has 0 saturated heterocycles. The predicted octanol–water partition coefficient (Wildman–Crippen LogP) is 4.39. The fraction of sp³-hybridized carbons (Fsp3) is 0.333. The van der Waals surface area contributed by atoms with Gasteiger partial charge >= 0.3 is 6.18 Å². The highest BCUT2D eigenvalue weighted by molar-refractivity contribution is 8.14. The molecule has 2 aromatic heterocycles. The van der Waals surface area contributed by atoms with Gasteiger partial charge < -0.3 is 5.73 Å². The zero-order chi connectivity index (χ0) is 22.7. The third-order valence-electron chi connectivity index (χ3n) is 5.83. The van der Waals surface area contributed by atoms with Crippen LogP contribution in [0.4, 0.5) is 22.0 Å². The fourth-order valence-corrected chi connectivity index (χ4v) is 5.42. The van der Waals surface area contributed by atoms with Crippen LogP contribution in [0.2, 0.25) is 0 Å². The summed E-state index contributed by atoms with van der Waals surface area (Å²) in [7, 11) is 0. The van der Waals surface area contributed by atoms with Crippen molar-refractivity contribution in [2.45, 2.75) is 29.8 Å². The first kappa shape index (κ1) is 21.0. The Kier molecular flexibility index (Phi) is 4.84. The van der Waals surface area contributed by atoms with Crippen LogP contribution in [0.5, 0.6) is 0 Å². The first-order valence-electron chi connectivity index (χ1n) is 9.76. The van der Waals surface area contributed by atoms with Crippen molar-refractivity contribution in [3.63, 3.8) is 0 Å². The Balaban J connectivity index is 1.54. The van der Waals surface area contributed by atoms with Crippen LogP contribution in [0.15, 0.2) is 41.7 Å². The first-order valence-corrected chi connectivity index (χ1v) is 10.6. The molecule has 0 spiro atoms. The highest BCUT2D eigenvalue weighted by Gasteiger charge is 2.58. The van der Waals surface area contributed by atoms with E-state index in [1.165, 1.54) is 42.2 Å². The molecule has 1 saturated carbocycles. The van der Waals surface area contributed by atoms with Crippen molar-refractivity contribution in [2.75, 3.05) is 6.67 Å². The van der Waals surface area contributed by atoms with Crippen LogP contribution in [0, 0.1) is 11.7 Å². The van der Waals surface area contributed by atoms with Crippen LogP contribution in [0.3, 0.4) is 0 Å². The minimum absolute atomic E-state index is 0.0508. The van der Waals surface area contributed by atoms with Gasteiger partial charge in [0.2, 0.25) is 0 Å². The van der Waals surface area contributed by atoms with Gasteiger partial charge in [-0.05, 0) is 30.2 Å². The number of amidine groups is 1. The summed E-state index contributed by atoms with van der Waals surface area (Å²) >= 11 is 1.38. The van der Waals surface area contributed by atoms with Gasteiger partial charge in [0.15, 0.2) is 10.9 Å². The number of nitrogens with zero attached hydrogens (tertiary/aromatic N) is 4. The summed E-state index contributed by atoms with van der Waals surface area (Å²) in [6, 6.07) is 5.65. The number of hydrogen-bond acceptors (Lipinski definition) is 6. The van der Waals surface area contributed by atoms with Crippen molar-refractivity contribution in [2.24, 2.45) is 16.6 Å². The van der Waals surface area contributed by atoms with E-state index < -0.39 is 29.9 Å². The Bertz CT molecular complexity index is 1250. The van der Waals surface area contributed by atoms with Crippen LogP contribution in [0.1, 0.15) is 28.9 Å². The second kappa shape index (κ2) is 7.36. The molecule has 1 fully saturated rings. The molecule has 3 atom stereocenters. The van der Waals surface area contributed by atoms with E-state index >= 15 is 0 Å². The van der Waals surface area contributed by atoms with Gasteiger partial charge in [-0.25, -0.2) is 18.8 Å². The van der Waals surface area contributed by atoms with E-state index in [0.29, 0.717) is 23.9 Å². The molecule has 0 amide bonds. The lowest BCUT2D eigenvalue weighted by Crippen LogP contribution is -2.36. The summed E-state index contributed by atoms with van der Waals surface area (Å²) in [6.45, 7) is -0.881. The maximum absolute atomic E-state index is 14.8. The largest absolute Gasteiger partial charge is 0.434 e. The Labute approximate surface area is 183 Å². The van der Waals surface area contributed by atoms with Crippen LogP contribution in [-0.4, -0.2) is 32.0 Å². The summed E-state index contributed by atoms with van der Waals surface area (Å²) in [5.41, 5.74) is 4.77. The molecular weight excluding hydrogens is 449 g/mol. The maximum Gasteiger partial charge on any atom is 0.434 e. The number of pyridine rings is 1. The highest BCUT2D eigenvalue weighted by atomic mass is 32.2. The highest BCUT2D eigenvalue weighted by Crippen LogP contribution is 2.58. The topological polar surface area (TPSA) is 77.0 Å². The van der Waals surface area contributed by atoms with Gasteiger partial charge in [0.05, 0.1) is 17.4 Å². The molecule has 3 heterocycles. The molecule has 2 N–H and O–H groups in total. The Morgan fingerprint density at radius 3 is 2.75 bits per heavy atom. The summed E-state index contributed by atoms with van der Waals surface area (Å²) in [4.78, 5) is 16.1. The van der Waals surface area contributed by atoms with Gasteiger partial charge in [0, 0.05) is 29.3 Å². The number of thioether (sulfide) groups is 1. The summed E-state index contributed by atoms with van der Waals surface area (Å²) in [5.74, 6) is -0.724. The standard InChI is InChI=1S/C21H16F5N5S/c22-9-20(12-7-16(12)32-19(27)31-20)11-5-10(1-2-13(11)23)6-15-18-14(3-4-28-15)30-17(8-29-18)21(24,25)26/h1-5,8,12,16H,6-7,9H2,(H2,27,31)/t12-,16-,20+/m0/s1. The maximum atomic E-state index is 14.8. The number of aliphatic imine (C=N–C) groups is 1. The lowest BCUT2D eigenvalue weighted by Gasteiger charge is -2.31. The molecule has 32 heavy (non-hydrogen) atoms. The van der Waals surface area contributed by atoms with Gasteiger partial charge in [0.25, 0.3) is 0 Å². The Morgan fingerprint density at radius 1 is 1.19 bits per heavy atom. The number of aromatic nitrogens is 3. The summed E-state index contributed by atoms with van der Waals surface area (Å²) in [6.07, 6.45) is -1.76. The molecule has 5 nitrogen and oxygen atoms in total. The van der Waals surface area contributed by atoms with Crippen LogP contribution in [0.25, 0.3) is 11.0 Å². The molecule has 3 aromatic rings. The van der Waals surface area contributed by atoms with Gasteiger partial charge in [-0.3, -0.25) is 9.97 Å². The van der Waals surface area contributed by atoms with E-state index in [4.69, 9.17) is 5.73 Å². The molecule has 0 unspecified atom stereocenters.